The summed E-state index contributed by atoms with van der Waals surface area (Å²) in [6, 6.07) is 15.4. The molecular weight excluding hydrogens is 384 g/mol. The third-order valence-electron chi connectivity index (χ3n) is 4.59. The van der Waals surface area contributed by atoms with E-state index in [1.54, 1.807) is 24.1 Å². The van der Waals surface area contributed by atoms with Gasteiger partial charge in [-0.25, -0.2) is 0 Å². The number of likely N-dealkylation sites (N-methyl/N-ethyl adjacent to an activating group) is 1. The number of phenolic OH excluding ortho intramolecular Hbond substituents is 1. The van der Waals surface area contributed by atoms with Gasteiger partial charge in [0, 0.05) is 13.6 Å². The molecule has 0 saturated carbocycles. The standard InChI is InChI=1S/C22H28N4O4/c1-26(12-11-16-5-3-2-4-6-16)21(29)15-24-20(28)14-25-22(30)19(23)13-17-7-9-18(27)10-8-17/h2-10,19,27H,11-15,23H2,1H3,(H,24,28)(H,25,30)/t19-/m0/s1. The van der Waals surface area contributed by atoms with Crippen LogP contribution in [0.2, 0.25) is 0 Å². The van der Waals surface area contributed by atoms with Crippen LogP contribution in [0.15, 0.2) is 54.6 Å². The van der Waals surface area contributed by atoms with Gasteiger partial charge in [-0.15, -0.1) is 0 Å². The Morgan fingerprint density at radius 2 is 1.63 bits per heavy atom. The third kappa shape index (κ3) is 7.92. The Kier molecular flexibility index (Phi) is 8.83. The van der Waals surface area contributed by atoms with E-state index < -0.39 is 17.9 Å². The summed E-state index contributed by atoms with van der Waals surface area (Å²) in [6.07, 6.45) is 1.00. The number of nitrogens with zero attached hydrogens (tertiary/aromatic N) is 1. The Morgan fingerprint density at radius 3 is 2.30 bits per heavy atom. The smallest absolute Gasteiger partial charge is 0.241 e. The topological polar surface area (TPSA) is 125 Å². The summed E-state index contributed by atoms with van der Waals surface area (Å²) in [4.78, 5) is 37.6. The molecule has 8 nitrogen and oxygen atoms in total. The third-order valence-corrected chi connectivity index (χ3v) is 4.59. The maximum atomic E-state index is 12.1. The number of aromatic hydroxyl groups is 1. The molecule has 5 N–H and O–H groups in total. The summed E-state index contributed by atoms with van der Waals surface area (Å²) < 4.78 is 0. The van der Waals surface area contributed by atoms with Gasteiger partial charge in [0.05, 0.1) is 19.1 Å². The number of carbonyl (C=O) groups is 3. The average molecular weight is 412 g/mol. The molecule has 160 valence electrons. The number of carbonyl (C=O) groups excluding carboxylic acids is 3. The van der Waals surface area contributed by atoms with E-state index in [1.807, 2.05) is 30.3 Å². The number of benzene rings is 2. The van der Waals surface area contributed by atoms with Gasteiger partial charge < -0.3 is 26.4 Å². The highest BCUT2D eigenvalue weighted by atomic mass is 16.3. The van der Waals surface area contributed by atoms with E-state index in [1.165, 1.54) is 12.1 Å². The Morgan fingerprint density at radius 1 is 0.967 bits per heavy atom. The van der Waals surface area contributed by atoms with E-state index in [2.05, 4.69) is 10.6 Å². The van der Waals surface area contributed by atoms with Crippen molar-refractivity contribution in [1.29, 1.82) is 0 Å². The number of hydrogen-bond donors (Lipinski definition) is 4. The van der Waals surface area contributed by atoms with Gasteiger partial charge in [-0.2, -0.15) is 0 Å². The monoisotopic (exact) mass is 412 g/mol. The van der Waals surface area contributed by atoms with Gasteiger partial charge >= 0.3 is 0 Å². The zero-order valence-corrected chi connectivity index (χ0v) is 17.0. The van der Waals surface area contributed by atoms with Crippen molar-refractivity contribution in [3.8, 4) is 5.75 Å². The molecule has 0 fully saturated rings. The highest BCUT2D eigenvalue weighted by Gasteiger charge is 2.16. The summed E-state index contributed by atoms with van der Waals surface area (Å²) in [6.45, 7) is 0.143. The predicted octanol–water partition coefficient (Wildman–Crippen LogP) is 0.196. The average Bonchev–Trinajstić information content (AvgIpc) is 2.76. The number of rotatable bonds is 10. The van der Waals surface area contributed by atoms with Gasteiger partial charge in [0.2, 0.25) is 17.7 Å². The lowest BCUT2D eigenvalue weighted by Crippen LogP contribution is -2.47. The van der Waals surface area contributed by atoms with Crippen LogP contribution in [0.4, 0.5) is 0 Å². The fourth-order valence-electron chi connectivity index (χ4n) is 2.71. The molecule has 8 heteroatoms. The second-order valence-corrected chi connectivity index (χ2v) is 7.02. The highest BCUT2D eigenvalue weighted by molar-refractivity contribution is 5.89. The van der Waals surface area contributed by atoms with Crippen LogP contribution in [-0.4, -0.2) is 60.5 Å². The van der Waals surface area contributed by atoms with Crippen molar-refractivity contribution in [2.45, 2.75) is 18.9 Å². The van der Waals surface area contributed by atoms with Crippen LogP contribution in [0.5, 0.6) is 5.75 Å². The van der Waals surface area contributed by atoms with Crippen molar-refractivity contribution < 1.29 is 19.5 Å². The van der Waals surface area contributed by atoms with Crippen molar-refractivity contribution in [3.63, 3.8) is 0 Å². The minimum absolute atomic E-state index is 0.133. The molecular formula is C22H28N4O4. The zero-order valence-electron chi connectivity index (χ0n) is 17.0. The lowest BCUT2D eigenvalue weighted by Gasteiger charge is -2.18. The maximum absolute atomic E-state index is 12.1. The van der Waals surface area contributed by atoms with Crippen LogP contribution in [0.25, 0.3) is 0 Å². The molecule has 0 heterocycles. The summed E-state index contributed by atoms with van der Waals surface area (Å²) in [7, 11) is 1.68. The molecule has 3 amide bonds. The number of hydrogen-bond acceptors (Lipinski definition) is 5. The fraction of sp³-hybridized carbons (Fsp3) is 0.318. The van der Waals surface area contributed by atoms with Crippen molar-refractivity contribution in [2.75, 3.05) is 26.7 Å². The normalized spacial score (nSPS) is 11.4. The van der Waals surface area contributed by atoms with E-state index in [0.29, 0.717) is 6.54 Å². The second-order valence-electron chi connectivity index (χ2n) is 7.02. The molecule has 0 aromatic heterocycles. The van der Waals surface area contributed by atoms with Crippen LogP contribution in [0.1, 0.15) is 11.1 Å². The minimum atomic E-state index is -0.826. The van der Waals surface area contributed by atoms with E-state index in [-0.39, 0.29) is 31.2 Å². The van der Waals surface area contributed by atoms with E-state index in [0.717, 1.165) is 17.5 Å². The largest absolute Gasteiger partial charge is 0.508 e. The Balaban J connectivity index is 1.65. The van der Waals surface area contributed by atoms with Gasteiger partial charge in [-0.05, 0) is 36.1 Å². The SMILES string of the molecule is CN(CCc1ccccc1)C(=O)CNC(=O)CNC(=O)[C@@H](N)Cc1ccc(O)cc1. The lowest BCUT2D eigenvalue weighted by atomic mass is 10.1. The Hall–Kier alpha value is -3.39. The molecule has 0 spiro atoms. The van der Waals surface area contributed by atoms with Crippen molar-refractivity contribution in [3.05, 3.63) is 65.7 Å². The first kappa shape index (κ1) is 22.9. The van der Waals surface area contributed by atoms with Crippen molar-refractivity contribution in [2.24, 2.45) is 5.73 Å². The summed E-state index contributed by atoms with van der Waals surface area (Å²) in [5, 5.41) is 14.2. The van der Waals surface area contributed by atoms with Crippen LogP contribution < -0.4 is 16.4 Å². The molecule has 2 aromatic rings. The van der Waals surface area contributed by atoms with Crippen molar-refractivity contribution >= 4 is 17.7 Å². The van der Waals surface area contributed by atoms with Crippen LogP contribution in [-0.2, 0) is 27.2 Å². The fourth-order valence-corrected chi connectivity index (χ4v) is 2.71. The predicted molar refractivity (Wildman–Crippen MR) is 114 cm³/mol. The molecule has 0 unspecified atom stereocenters. The molecule has 0 bridgehead atoms. The first-order chi connectivity index (χ1) is 14.3. The molecule has 2 rings (SSSR count). The Labute approximate surface area is 176 Å². The van der Waals surface area contributed by atoms with E-state index >= 15 is 0 Å². The summed E-state index contributed by atoms with van der Waals surface area (Å²) in [5.74, 6) is -1.02. The van der Waals surface area contributed by atoms with E-state index in [9.17, 15) is 19.5 Å². The Bertz CT molecular complexity index is 840. The van der Waals surface area contributed by atoms with Crippen LogP contribution >= 0.6 is 0 Å². The zero-order chi connectivity index (χ0) is 21.9. The van der Waals surface area contributed by atoms with Gasteiger partial charge in [-0.1, -0.05) is 42.5 Å². The second kappa shape index (κ2) is 11.6. The van der Waals surface area contributed by atoms with Gasteiger partial charge in [0.1, 0.15) is 5.75 Å². The quantitative estimate of drug-likeness (QED) is 0.444. The molecule has 0 aliphatic carbocycles. The van der Waals surface area contributed by atoms with E-state index in [4.69, 9.17) is 5.73 Å². The molecule has 30 heavy (non-hydrogen) atoms. The first-order valence-corrected chi connectivity index (χ1v) is 9.71. The van der Waals surface area contributed by atoms with Crippen molar-refractivity contribution in [1.82, 2.24) is 15.5 Å². The van der Waals surface area contributed by atoms with Gasteiger partial charge in [0.15, 0.2) is 0 Å². The summed E-state index contributed by atoms with van der Waals surface area (Å²) in [5.41, 5.74) is 7.78. The minimum Gasteiger partial charge on any atom is -0.508 e. The molecule has 1 atom stereocenters. The molecule has 0 aliphatic heterocycles. The molecule has 0 aliphatic rings. The van der Waals surface area contributed by atoms with Gasteiger partial charge in [0.25, 0.3) is 0 Å². The van der Waals surface area contributed by atoms with Crippen LogP contribution in [0, 0.1) is 0 Å². The maximum Gasteiger partial charge on any atom is 0.241 e. The molecule has 0 saturated heterocycles. The summed E-state index contributed by atoms with van der Waals surface area (Å²) >= 11 is 0. The number of amides is 3. The number of nitrogens with two attached hydrogens (primary N) is 1. The molecule has 0 radical (unpaired) electrons. The first-order valence-electron chi connectivity index (χ1n) is 9.71. The number of nitrogens with one attached hydrogen (secondary N) is 2. The highest BCUT2D eigenvalue weighted by Crippen LogP contribution is 2.10. The molecule has 2 aromatic carbocycles. The van der Waals surface area contributed by atoms with Crippen LogP contribution in [0.3, 0.4) is 0 Å². The number of phenols is 1. The van der Waals surface area contributed by atoms with Gasteiger partial charge in [-0.3, -0.25) is 14.4 Å². The lowest BCUT2D eigenvalue weighted by molar-refractivity contribution is -0.132.